The largest absolute Gasteiger partial charge is 0.459 e. The fraction of sp³-hybridized carbons (Fsp3) is 0.667. The maximum absolute atomic E-state index is 12.7. The van der Waals surface area contributed by atoms with E-state index in [1.54, 1.807) is 24.3 Å². The van der Waals surface area contributed by atoms with Crippen molar-refractivity contribution in [2.45, 2.75) is 114 Å². The van der Waals surface area contributed by atoms with Crippen LogP contribution in [0.3, 0.4) is 0 Å². The Hall–Kier alpha value is -2.26. The molecule has 8 heteroatoms. The van der Waals surface area contributed by atoms with Crippen LogP contribution in [0.5, 0.6) is 0 Å². The first-order chi connectivity index (χ1) is 18.6. The van der Waals surface area contributed by atoms with Crippen LogP contribution in [0.15, 0.2) is 49.6 Å². The molecule has 2 unspecified atom stereocenters. The van der Waals surface area contributed by atoms with E-state index in [1.165, 1.54) is 12.2 Å². The fourth-order valence-corrected chi connectivity index (χ4v) is 4.75. The third-order valence-electron chi connectivity index (χ3n) is 6.79. The molecule has 0 aliphatic carbocycles. The van der Waals surface area contributed by atoms with Crippen molar-refractivity contribution in [1.29, 1.82) is 0 Å². The van der Waals surface area contributed by atoms with E-state index in [4.69, 9.17) is 28.4 Å². The standard InChI is InChI=1S/C30H44O8/c1-3-9-23-13-15-25(37-29-11-5-7-21-33-29)18-20-28(32)36-24(10-4-2)14-16-26(17-19-27(31)35-23)38-30-12-6-8-22-34-30/h3-4,17-20,23-26,29-30H,1-2,5-16,21-22H2/b19-17+,20-18+/t23-,24-,25-,26+,29?,30?/m1/s1. The topological polar surface area (TPSA) is 89.5 Å². The Morgan fingerprint density at radius 1 is 0.684 bits per heavy atom. The first kappa shape index (κ1) is 30.3. The van der Waals surface area contributed by atoms with Gasteiger partial charge in [-0.05, 0) is 76.4 Å². The highest BCUT2D eigenvalue weighted by molar-refractivity contribution is 5.82. The zero-order valence-electron chi connectivity index (χ0n) is 22.5. The van der Waals surface area contributed by atoms with E-state index in [0.717, 1.165) is 38.5 Å². The van der Waals surface area contributed by atoms with E-state index >= 15 is 0 Å². The second-order valence-electron chi connectivity index (χ2n) is 9.98. The van der Waals surface area contributed by atoms with Crippen LogP contribution in [-0.4, -0.2) is 62.1 Å². The number of hydrogen-bond acceptors (Lipinski definition) is 8. The normalized spacial score (nSPS) is 33.9. The highest BCUT2D eigenvalue weighted by Crippen LogP contribution is 2.22. The maximum Gasteiger partial charge on any atom is 0.330 e. The zero-order chi connectivity index (χ0) is 27.0. The molecule has 8 nitrogen and oxygen atoms in total. The van der Waals surface area contributed by atoms with E-state index in [1.807, 2.05) is 0 Å². The van der Waals surface area contributed by atoms with Crippen LogP contribution in [0.4, 0.5) is 0 Å². The van der Waals surface area contributed by atoms with Crippen molar-refractivity contribution in [3.05, 3.63) is 49.6 Å². The smallest absolute Gasteiger partial charge is 0.330 e. The lowest BCUT2D eigenvalue weighted by molar-refractivity contribution is -0.181. The van der Waals surface area contributed by atoms with E-state index in [0.29, 0.717) is 51.7 Å². The Balaban J connectivity index is 1.74. The predicted octanol–water partition coefficient (Wildman–Crippen LogP) is 5.47. The minimum absolute atomic E-state index is 0.318. The number of cyclic esters (lactones) is 2. The second-order valence-corrected chi connectivity index (χ2v) is 9.98. The second kappa shape index (κ2) is 17.4. The van der Waals surface area contributed by atoms with Crippen molar-refractivity contribution >= 4 is 11.9 Å². The van der Waals surface area contributed by atoms with Gasteiger partial charge in [0.25, 0.3) is 0 Å². The van der Waals surface area contributed by atoms with Crippen molar-refractivity contribution in [3.8, 4) is 0 Å². The highest BCUT2D eigenvalue weighted by Gasteiger charge is 2.24. The Kier molecular flexibility index (Phi) is 13.8. The molecule has 0 aromatic carbocycles. The van der Waals surface area contributed by atoms with Gasteiger partial charge in [-0.3, -0.25) is 0 Å². The molecular weight excluding hydrogens is 488 g/mol. The minimum Gasteiger partial charge on any atom is -0.459 e. The molecule has 3 aliphatic heterocycles. The SMILES string of the molecule is C=CC[C@@H]1CC[C@H](OC2CCCCO2)/C=C/C(=O)O[C@H](CC=C)CC[C@@H](OC2CCCCO2)/C=C/C(=O)O1. The molecule has 3 aliphatic rings. The van der Waals surface area contributed by atoms with Crippen LogP contribution >= 0.6 is 0 Å². The lowest BCUT2D eigenvalue weighted by atomic mass is 10.1. The maximum atomic E-state index is 12.7. The molecular formula is C30H44O8. The lowest BCUT2D eigenvalue weighted by Gasteiger charge is -2.28. The van der Waals surface area contributed by atoms with Gasteiger partial charge in [0.15, 0.2) is 12.6 Å². The molecule has 0 bridgehead atoms. The van der Waals surface area contributed by atoms with Gasteiger partial charge in [0.05, 0.1) is 12.2 Å². The zero-order valence-corrected chi connectivity index (χ0v) is 22.5. The van der Waals surface area contributed by atoms with Gasteiger partial charge in [-0.1, -0.05) is 12.2 Å². The van der Waals surface area contributed by atoms with Crippen molar-refractivity contribution < 1.29 is 38.0 Å². The summed E-state index contributed by atoms with van der Waals surface area (Å²) >= 11 is 0. The molecule has 2 saturated heterocycles. The van der Waals surface area contributed by atoms with Crippen molar-refractivity contribution in [2.75, 3.05) is 13.2 Å². The first-order valence-corrected chi connectivity index (χ1v) is 14.1. The third-order valence-corrected chi connectivity index (χ3v) is 6.79. The van der Waals surface area contributed by atoms with E-state index in [-0.39, 0.29) is 37.0 Å². The number of carbonyl (C=O) groups excluding carboxylic acids is 2. The molecule has 0 saturated carbocycles. The quantitative estimate of drug-likeness (QED) is 0.300. The number of hydrogen-bond donors (Lipinski definition) is 0. The molecule has 0 aromatic heterocycles. The summed E-state index contributed by atoms with van der Waals surface area (Å²) in [5.41, 5.74) is 0. The minimum atomic E-state index is -0.431. The van der Waals surface area contributed by atoms with Crippen molar-refractivity contribution in [3.63, 3.8) is 0 Å². The van der Waals surface area contributed by atoms with Gasteiger partial charge in [-0.2, -0.15) is 0 Å². The summed E-state index contributed by atoms with van der Waals surface area (Å²) in [6, 6.07) is 0. The molecule has 0 aromatic rings. The average molecular weight is 533 g/mol. The summed E-state index contributed by atoms with van der Waals surface area (Å²) < 4.78 is 35.3. The van der Waals surface area contributed by atoms with Gasteiger partial charge in [0.2, 0.25) is 0 Å². The summed E-state index contributed by atoms with van der Waals surface area (Å²) in [6.07, 6.45) is 16.5. The van der Waals surface area contributed by atoms with E-state index in [9.17, 15) is 9.59 Å². The Morgan fingerprint density at radius 3 is 1.50 bits per heavy atom. The van der Waals surface area contributed by atoms with Crippen LogP contribution in [-0.2, 0) is 38.0 Å². The molecule has 0 N–H and O–H groups in total. The van der Waals surface area contributed by atoms with Gasteiger partial charge in [0.1, 0.15) is 12.2 Å². The Morgan fingerprint density at radius 2 is 1.13 bits per heavy atom. The summed E-state index contributed by atoms with van der Waals surface area (Å²) in [4.78, 5) is 25.5. The van der Waals surface area contributed by atoms with Crippen LogP contribution in [0.1, 0.15) is 77.0 Å². The molecule has 0 amide bonds. The molecule has 0 radical (unpaired) electrons. The van der Waals surface area contributed by atoms with Crippen molar-refractivity contribution in [1.82, 2.24) is 0 Å². The van der Waals surface area contributed by atoms with Crippen LogP contribution in [0.25, 0.3) is 0 Å². The highest BCUT2D eigenvalue weighted by atomic mass is 16.7. The molecule has 212 valence electrons. The fourth-order valence-electron chi connectivity index (χ4n) is 4.75. The van der Waals surface area contributed by atoms with Crippen molar-refractivity contribution in [2.24, 2.45) is 0 Å². The number of ether oxygens (including phenoxy) is 6. The summed E-state index contributed by atoms with van der Waals surface area (Å²) in [6.45, 7) is 8.93. The van der Waals surface area contributed by atoms with Crippen LogP contribution in [0, 0.1) is 0 Å². The van der Waals surface area contributed by atoms with Gasteiger partial charge < -0.3 is 28.4 Å². The lowest BCUT2D eigenvalue weighted by Crippen LogP contribution is -2.29. The molecule has 0 spiro atoms. The average Bonchev–Trinajstić information content (AvgIpc) is 2.92. The molecule has 3 heterocycles. The molecule has 38 heavy (non-hydrogen) atoms. The number of rotatable bonds is 8. The predicted molar refractivity (Wildman–Crippen MR) is 143 cm³/mol. The van der Waals surface area contributed by atoms with Gasteiger partial charge >= 0.3 is 11.9 Å². The summed E-state index contributed by atoms with van der Waals surface area (Å²) in [5.74, 6) is -0.861. The van der Waals surface area contributed by atoms with E-state index < -0.39 is 11.9 Å². The van der Waals surface area contributed by atoms with Crippen LogP contribution in [0.2, 0.25) is 0 Å². The van der Waals surface area contributed by atoms with Gasteiger partial charge in [0, 0.05) is 38.2 Å². The Labute approximate surface area is 227 Å². The summed E-state index contributed by atoms with van der Waals surface area (Å²) in [5, 5.41) is 0. The number of carbonyl (C=O) groups is 2. The molecule has 6 atom stereocenters. The van der Waals surface area contributed by atoms with Gasteiger partial charge in [-0.25, -0.2) is 9.59 Å². The first-order valence-electron chi connectivity index (χ1n) is 14.1. The molecule has 3 rings (SSSR count). The monoisotopic (exact) mass is 532 g/mol. The Bertz CT molecular complexity index is 728. The van der Waals surface area contributed by atoms with E-state index in [2.05, 4.69) is 13.2 Å². The van der Waals surface area contributed by atoms with Crippen LogP contribution < -0.4 is 0 Å². The number of esters is 2. The van der Waals surface area contributed by atoms with Gasteiger partial charge in [-0.15, -0.1) is 13.2 Å². The summed E-state index contributed by atoms with van der Waals surface area (Å²) in [7, 11) is 0. The third kappa shape index (κ3) is 11.6. The molecule has 2 fully saturated rings.